The normalized spacial score (nSPS) is 14.5. The van der Waals surface area contributed by atoms with Crippen molar-refractivity contribution < 1.29 is 38.2 Å². The number of rotatable bonds is 21. The van der Waals surface area contributed by atoms with E-state index in [9.17, 15) is 19.8 Å². The van der Waals surface area contributed by atoms with Gasteiger partial charge in [-0.05, 0) is 20.8 Å². The lowest BCUT2D eigenvalue weighted by molar-refractivity contribution is -0.893. The molecule has 0 spiro atoms. The molecule has 0 heterocycles. The second-order valence-electron chi connectivity index (χ2n) is 11.5. The zero-order valence-electron chi connectivity index (χ0n) is 24.3. The SMILES string of the molecule is C=C(C)C(=O)NCCC[N+](C)(C)CC(O)COCC(C)OCC(O)C[N+](C)(C)CCCNC(=O)C(=C)C. The summed E-state index contributed by atoms with van der Waals surface area (Å²) < 4.78 is 12.6. The van der Waals surface area contributed by atoms with Crippen LogP contribution in [0, 0.1) is 0 Å². The summed E-state index contributed by atoms with van der Waals surface area (Å²) in [7, 11) is 8.15. The van der Waals surface area contributed by atoms with Gasteiger partial charge in [0.1, 0.15) is 25.3 Å². The summed E-state index contributed by atoms with van der Waals surface area (Å²) in [6.45, 7) is 17.0. The molecule has 3 atom stereocenters. The van der Waals surface area contributed by atoms with Crippen LogP contribution in [0.2, 0.25) is 0 Å². The molecule has 10 heteroatoms. The molecule has 0 aromatic carbocycles. The van der Waals surface area contributed by atoms with Crippen LogP contribution < -0.4 is 10.6 Å². The Morgan fingerprint density at radius 3 is 1.59 bits per heavy atom. The number of likely N-dealkylation sites (N-methyl/N-ethyl adjacent to an activating group) is 2. The van der Waals surface area contributed by atoms with Crippen molar-refractivity contribution >= 4 is 11.8 Å². The summed E-state index contributed by atoms with van der Waals surface area (Å²) in [4.78, 5) is 23.1. The minimum Gasteiger partial charge on any atom is -0.385 e. The minimum atomic E-state index is -0.619. The number of carbonyl (C=O) groups excluding carboxylic acids is 2. The molecular weight excluding hydrogens is 476 g/mol. The Bertz CT molecular complexity index is 726. The van der Waals surface area contributed by atoms with E-state index in [0.29, 0.717) is 52.9 Å². The highest BCUT2D eigenvalue weighted by Crippen LogP contribution is 2.06. The monoisotopic (exact) mass is 530 g/mol. The van der Waals surface area contributed by atoms with Crippen LogP contribution in [0.1, 0.15) is 33.6 Å². The van der Waals surface area contributed by atoms with Gasteiger partial charge in [0, 0.05) is 37.1 Å². The molecule has 0 bridgehead atoms. The zero-order chi connectivity index (χ0) is 28.6. The average Bonchev–Trinajstić information content (AvgIpc) is 2.77. The number of amides is 2. The number of aliphatic hydroxyl groups is 2. The lowest BCUT2D eigenvalue weighted by Crippen LogP contribution is -2.48. The second-order valence-corrected chi connectivity index (χ2v) is 11.5. The van der Waals surface area contributed by atoms with Crippen molar-refractivity contribution in [3.8, 4) is 0 Å². The van der Waals surface area contributed by atoms with E-state index in [1.165, 1.54) is 0 Å². The molecule has 0 aliphatic carbocycles. The summed E-state index contributed by atoms with van der Waals surface area (Å²) in [5, 5.41) is 26.4. The molecule has 0 aromatic heterocycles. The van der Waals surface area contributed by atoms with E-state index < -0.39 is 12.2 Å². The fraction of sp³-hybridized carbons (Fsp3) is 0.778. The van der Waals surface area contributed by atoms with Gasteiger partial charge in [-0.3, -0.25) is 9.59 Å². The first-order valence-corrected chi connectivity index (χ1v) is 13.1. The smallest absolute Gasteiger partial charge is 0.246 e. The molecule has 0 fully saturated rings. The van der Waals surface area contributed by atoms with Crippen LogP contribution in [0.15, 0.2) is 24.3 Å². The van der Waals surface area contributed by atoms with Gasteiger partial charge in [0.05, 0.1) is 67.2 Å². The Labute approximate surface area is 224 Å². The molecule has 2 amide bonds. The van der Waals surface area contributed by atoms with E-state index in [2.05, 4.69) is 23.8 Å². The standard InChI is InChI=1S/C27H52N4O6/c1-21(2)26(34)28-12-10-14-30(6,7)16-24(32)19-36-18-23(5)37-20-25(33)17-31(8,9)15-11-13-29-27(35)22(3)4/h23-25,32-33H,1,3,10-20H2,2,4-9H3/p+2. The van der Waals surface area contributed by atoms with Gasteiger partial charge in [-0.1, -0.05) is 13.2 Å². The van der Waals surface area contributed by atoms with Crippen molar-refractivity contribution in [3.63, 3.8) is 0 Å². The predicted molar refractivity (Wildman–Crippen MR) is 147 cm³/mol. The minimum absolute atomic E-state index is 0.133. The molecule has 37 heavy (non-hydrogen) atoms. The maximum Gasteiger partial charge on any atom is 0.246 e. The van der Waals surface area contributed by atoms with Gasteiger partial charge in [0.15, 0.2) is 0 Å². The van der Waals surface area contributed by atoms with Gasteiger partial charge in [-0.2, -0.15) is 0 Å². The zero-order valence-corrected chi connectivity index (χ0v) is 24.3. The first kappa shape index (κ1) is 35.2. The van der Waals surface area contributed by atoms with Gasteiger partial charge in [-0.25, -0.2) is 0 Å². The summed E-state index contributed by atoms with van der Waals surface area (Å²) in [6, 6.07) is 0. The highest BCUT2D eigenvalue weighted by atomic mass is 16.5. The second kappa shape index (κ2) is 17.6. The highest BCUT2D eigenvalue weighted by Gasteiger charge is 2.23. The number of aliphatic hydroxyl groups excluding tert-OH is 2. The number of carbonyl (C=O) groups is 2. The van der Waals surface area contributed by atoms with Gasteiger partial charge in [0.25, 0.3) is 0 Å². The number of nitrogens with one attached hydrogen (secondary N) is 2. The van der Waals surface area contributed by atoms with Crippen LogP contribution in [-0.4, -0.2) is 137 Å². The Kier molecular flexibility index (Phi) is 16.8. The molecule has 3 unspecified atom stereocenters. The molecule has 0 saturated carbocycles. The van der Waals surface area contributed by atoms with Crippen molar-refractivity contribution in [2.45, 2.75) is 51.9 Å². The third kappa shape index (κ3) is 19.0. The van der Waals surface area contributed by atoms with E-state index in [1.807, 2.05) is 35.1 Å². The topological polar surface area (TPSA) is 117 Å². The van der Waals surface area contributed by atoms with E-state index in [4.69, 9.17) is 9.47 Å². The number of hydrogen-bond acceptors (Lipinski definition) is 6. The Morgan fingerprint density at radius 1 is 0.784 bits per heavy atom. The maximum absolute atomic E-state index is 11.5. The fourth-order valence-electron chi connectivity index (χ4n) is 3.84. The molecule has 0 aromatic rings. The summed E-state index contributed by atoms with van der Waals surface area (Å²) in [5.74, 6) is -0.266. The molecule has 0 radical (unpaired) electrons. The van der Waals surface area contributed by atoms with E-state index in [-0.39, 0.29) is 31.1 Å². The van der Waals surface area contributed by atoms with E-state index in [1.54, 1.807) is 13.8 Å². The van der Waals surface area contributed by atoms with Crippen LogP contribution in [0.3, 0.4) is 0 Å². The number of quaternary nitrogens is 2. The first-order chi connectivity index (χ1) is 17.0. The molecule has 0 saturated heterocycles. The Hall–Kier alpha value is -1.82. The fourth-order valence-corrected chi connectivity index (χ4v) is 3.84. The molecule has 0 rings (SSSR count). The number of nitrogens with zero attached hydrogens (tertiary/aromatic N) is 2. The summed E-state index contributed by atoms with van der Waals surface area (Å²) >= 11 is 0. The van der Waals surface area contributed by atoms with Gasteiger partial charge < -0.3 is 39.3 Å². The third-order valence-corrected chi connectivity index (χ3v) is 5.87. The number of hydrogen-bond donors (Lipinski definition) is 4. The molecule has 4 N–H and O–H groups in total. The molecule has 10 nitrogen and oxygen atoms in total. The largest absolute Gasteiger partial charge is 0.385 e. The molecule has 216 valence electrons. The first-order valence-electron chi connectivity index (χ1n) is 13.1. The van der Waals surface area contributed by atoms with Crippen LogP contribution >= 0.6 is 0 Å². The van der Waals surface area contributed by atoms with Crippen molar-refractivity contribution in [1.82, 2.24) is 10.6 Å². The van der Waals surface area contributed by atoms with Gasteiger partial charge in [-0.15, -0.1) is 0 Å². The van der Waals surface area contributed by atoms with Crippen molar-refractivity contribution in [2.75, 3.05) is 87.3 Å². The Balaban J connectivity index is 4.08. The van der Waals surface area contributed by atoms with Crippen LogP contribution in [0.25, 0.3) is 0 Å². The highest BCUT2D eigenvalue weighted by molar-refractivity contribution is 5.92. The Morgan fingerprint density at radius 2 is 1.19 bits per heavy atom. The van der Waals surface area contributed by atoms with Crippen molar-refractivity contribution in [3.05, 3.63) is 24.3 Å². The third-order valence-electron chi connectivity index (χ3n) is 5.87. The van der Waals surface area contributed by atoms with Gasteiger partial charge in [0.2, 0.25) is 11.8 Å². The lowest BCUT2D eigenvalue weighted by atomic mass is 10.2. The maximum atomic E-state index is 11.5. The molecule has 0 aliphatic heterocycles. The number of ether oxygens (including phenoxy) is 2. The van der Waals surface area contributed by atoms with Crippen LogP contribution in [0.5, 0.6) is 0 Å². The van der Waals surface area contributed by atoms with E-state index >= 15 is 0 Å². The van der Waals surface area contributed by atoms with Crippen molar-refractivity contribution in [2.24, 2.45) is 0 Å². The summed E-state index contributed by atoms with van der Waals surface area (Å²) in [6.07, 6.45) is 0.151. The van der Waals surface area contributed by atoms with Crippen LogP contribution in [0.4, 0.5) is 0 Å². The molecule has 0 aliphatic rings. The van der Waals surface area contributed by atoms with Crippen molar-refractivity contribution in [1.29, 1.82) is 0 Å². The average molecular weight is 531 g/mol. The molecular formula is C27H54N4O6+2. The summed E-state index contributed by atoms with van der Waals surface area (Å²) in [5.41, 5.74) is 0.991. The van der Waals surface area contributed by atoms with E-state index in [0.717, 1.165) is 25.9 Å². The van der Waals surface area contributed by atoms with Crippen LogP contribution in [-0.2, 0) is 19.1 Å². The quantitative estimate of drug-likeness (QED) is 0.0973. The van der Waals surface area contributed by atoms with Gasteiger partial charge >= 0.3 is 0 Å². The predicted octanol–water partition coefficient (Wildman–Crippen LogP) is 0.448. The lowest BCUT2D eigenvalue weighted by Gasteiger charge is -2.32.